The molecule has 0 unspecified atom stereocenters. The molecular weight excluding hydrogens is 279 g/mol. The summed E-state index contributed by atoms with van der Waals surface area (Å²) in [5.41, 5.74) is 6.19. The van der Waals surface area contributed by atoms with Crippen LogP contribution in [0.15, 0.2) is 11.4 Å². The Kier molecular flexibility index (Phi) is 3.56. The molecule has 0 radical (unpaired) electrons. The molecule has 0 amide bonds. The van der Waals surface area contributed by atoms with Crippen molar-refractivity contribution < 1.29 is 13.2 Å². The topological polar surface area (TPSA) is 76.7 Å². The summed E-state index contributed by atoms with van der Waals surface area (Å²) in [6, 6.07) is 1.25. The second kappa shape index (κ2) is 5.00. The van der Waals surface area contributed by atoms with Crippen molar-refractivity contribution in [2.75, 3.05) is 11.1 Å². The maximum atomic E-state index is 12.5. The number of nitrogen functional groups attached to an aromatic ring is 1. The number of nitrogens with zero attached hydrogens (tertiary/aromatic N) is 3. The number of rotatable bonds is 3. The van der Waals surface area contributed by atoms with Crippen LogP contribution in [0.4, 0.5) is 24.8 Å². The first-order valence-electron chi connectivity index (χ1n) is 5.21. The van der Waals surface area contributed by atoms with E-state index in [2.05, 4.69) is 20.3 Å². The van der Waals surface area contributed by atoms with Crippen molar-refractivity contribution in [1.29, 1.82) is 0 Å². The van der Waals surface area contributed by atoms with Gasteiger partial charge in [-0.2, -0.15) is 13.2 Å². The molecule has 5 nitrogen and oxygen atoms in total. The van der Waals surface area contributed by atoms with Crippen LogP contribution in [0.5, 0.6) is 0 Å². The molecule has 2 aromatic rings. The summed E-state index contributed by atoms with van der Waals surface area (Å²) in [5.74, 6) is -1.47. The van der Waals surface area contributed by atoms with Gasteiger partial charge in [-0.25, -0.2) is 15.0 Å². The number of anilines is 2. The summed E-state index contributed by atoms with van der Waals surface area (Å²) in [5, 5.41) is 5.35. The van der Waals surface area contributed by atoms with Gasteiger partial charge in [-0.1, -0.05) is 0 Å². The SMILES string of the molecule is Cc1csc(CNc2cc(N)nc(C(F)(F)F)n2)n1. The van der Waals surface area contributed by atoms with Gasteiger partial charge in [-0.15, -0.1) is 11.3 Å². The van der Waals surface area contributed by atoms with Gasteiger partial charge in [0.1, 0.15) is 16.6 Å². The van der Waals surface area contributed by atoms with E-state index in [9.17, 15) is 13.2 Å². The first-order chi connectivity index (χ1) is 8.84. The smallest absolute Gasteiger partial charge is 0.384 e. The highest BCUT2D eigenvalue weighted by Gasteiger charge is 2.35. The third-order valence-corrected chi connectivity index (χ3v) is 3.05. The van der Waals surface area contributed by atoms with Gasteiger partial charge in [-0.05, 0) is 6.92 Å². The van der Waals surface area contributed by atoms with Crippen LogP contribution in [0, 0.1) is 6.92 Å². The molecule has 9 heteroatoms. The number of hydrogen-bond donors (Lipinski definition) is 2. The van der Waals surface area contributed by atoms with Crippen LogP contribution in [0.2, 0.25) is 0 Å². The van der Waals surface area contributed by atoms with E-state index in [1.165, 1.54) is 17.4 Å². The third kappa shape index (κ3) is 3.53. The van der Waals surface area contributed by atoms with Gasteiger partial charge >= 0.3 is 6.18 Å². The molecule has 0 atom stereocenters. The van der Waals surface area contributed by atoms with Crippen LogP contribution in [-0.4, -0.2) is 15.0 Å². The van der Waals surface area contributed by atoms with Gasteiger partial charge in [0.05, 0.1) is 6.54 Å². The Hall–Kier alpha value is -1.90. The number of aryl methyl sites for hydroxylation is 1. The Morgan fingerprint density at radius 3 is 2.63 bits per heavy atom. The molecule has 2 heterocycles. The fourth-order valence-corrected chi connectivity index (χ4v) is 2.04. The molecule has 0 aliphatic rings. The molecule has 0 spiro atoms. The van der Waals surface area contributed by atoms with Crippen LogP contribution in [0.3, 0.4) is 0 Å². The molecule has 0 saturated heterocycles. The van der Waals surface area contributed by atoms with Gasteiger partial charge < -0.3 is 11.1 Å². The minimum absolute atomic E-state index is 0.0210. The summed E-state index contributed by atoms with van der Waals surface area (Å²) >= 11 is 1.41. The zero-order chi connectivity index (χ0) is 14.0. The number of alkyl halides is 3. The predicted molar refractivity (Wildman–Crippen MR) is 65.6 cm³/mol. The molecule has 0 saturated carbocycles. The lowest BCUT2D eigenvalue weighted by molar-refractivity contribution is -0.144. The second-order valence-electron chi connectivity index (χ2n) is 3.74. The highest BCUT2D eigenvalue weighted by atomic mass is 32.1. The van der Waals surface area contributed by atoms with Crippen LogP contribution < -0.4 is 11.1 Å². The van der Waals surface area contributed by atoms with E-state index < -0.39 is 12.0 Å². The molecule has 3 N–H and O–H groups in total. The lowest BCUT2D eigenvalue weighted by Gasteiger charge is -2.09. The molecule has 19 heavy (non-hydrogen) atoms. The largest absolute Gasteiger partial charge is 0.451 e. The molecule has 0 fully saturated rings. The fraction of sp³-hybridized carbons (Fsp3) is 0.300. The minimum atomic E-state index is -4.62. The Balaban J connectivity index is 2.14. The van der Waals surface area contributed by atoms with E-state index in [0.717, 1.165) is 10.7 Å². The van der Waals surface area contributed by atoms with Crippen molar-refractivity contribution in [1.82, 2.24) is 15.0 Å². The Morgan fingerprint density at radius 2 is 2.05 bits per heavy atom. The van der Waals surface area contributed by atoms with E-state index in [0.29, 0.717) is 0 Å². The molecule has 2 rings (SSSR count). The fourth-order valence-electron chi connectivity index (χ4n) is 1.33. The summed E-state index contributed by atoms with van der Waals surface area (Å²) in [6.07, 6.45) is -4.62. The Labute approximate surface area is 110 Å². The molecule has 2 aromatic heterocycles. The maximum Gasteiger partial charge on any atom is 0.451 e. The standard InChI is InChI=1S/C10H10F3N5S/c1-5-4-19-8(16-5)3-15-7-2-6(14)17-9(18-7)10(11,12)13/h2,4H,3H2,1H3,(H3,14,15,17,18). The van der Waals surface area contributed by atoms with Gasteiger partial charge in [-0.3, -0.25) is 0 Å². The number of nitrogens with one attached hydrogen (secondary N) is 1. The second-order valence-corrected chi connectivity index (χ2v) is 4.68. The number of thiazole rings is 1. The summed E-state index contributed by atoms with van der Waals surface area (Å²) in [7, 11) is 0. The number of halogens is 3. The van der Waals surface area contributed by atoms with E-state index in [1.807, 2.05) is 12.3 Å². The molecule has 0 bridgehead atoms. The minimum Gasteiger partial charge on any atom is -0.384 e. The highest BCUT2D eigenvalue weighted by Crippen LogP contribution is 2.27. The van der Waals surface area contributed by atoms with Crippen molar-refractivity contribution in [3.63, 3.8) is 0 Å². The Morgan fingerprint density at radius 1 is 1.32 bits per heavy atom. The quantitative estimate of drug-likeness (QED) is 0.907. The highest BCUT2D eigenvalue weighted by molar-refractivity contribution is 7.09. The monoisotopic (exact) mass is 289 g/mol. The van der Waals surface area contributed by atoms with Crippen LogP contribution in [0.25, 0.3) is 0 Å². The van der Waals surface area contributed by atoms with Crippen molar-refractivity contribution in [2.45, 2.75) is 19.6 Å². The average Bonchev–Trinajstić information content (AvgIpc) is 2.71. The molecular formula is C10H10F3N5S. The summed E-state index contributed by atoms with van der Waals surface area (Å²) in [4.78, 5) is 10.7. The van der Waals surface area contributed by atoms with Gasteiger partial charge in [0.25, 0.3) is 0 Å². The van der Waals surface area contributed by atoms with Crippen LogP contribution in [-0.2, 0) is 12.7 Å². The van der Waals surface area contributed by atoms with Crippen molar-refractivity contribution in [3.8, 4) is 0 Å². The van der Waals surface area contributed by atoms with E-state index in [4.69, 9.17) is 5.73 Å². The number of nitrogens with two attached hydrogens (primary N) is 1. The molecule has 0 aliphatic carbocycles. The lowest BCUT2D eigenvalue weighted by atomic mass is 10.4. The lowest BCUT2D eigenvalue weighted by Crippen LogP contribution is -2.14. The Bertz CT molecular complexity index is 581. The van der Waals surface area contributed by atoms with E-state index >= 15 is 0 Å². The zero-order valence-electron chi connectivity index (χ0n) is 9.82. The first-order valence-corrected chi connectivity index (χ1v) is 6.09. The van der Waals surface area contributed by atoms with Crippen LogP contribution in [0.1, 0.15) is 16.5 Å². The summed E-state index contributed by atoms with van der Waals surface area (Å²) in [6.45, 7) is 2.12. The maximum absolute atomic E-state index is 12.5. The molecule has 102 valence electrons. The van der Waals surface area contributed by atoms with Gasteiger partial charge in [0.15, 0.2) is 0 Å². The van der Waals surface area contributed by atoms with E-state index in [-0.39, 0.29) is 18.2 Å². The third-order valence-electron chi connectivity index (χ3n) is 2.09. The van der Waals surface area contributed by atoms with Gasteiger partial charge in [0, 0.05) is 17.1 Å². The van der Waals surface area contributed by atoms with Crippen molar-refractivity contribution in [3.05, 3.63) is 28.0 Å². The van der Waals surface area contributed by atoms with Crippen molar-refractivity contribution in [2.24, 2.45) is 0 Å². The number of hydrogen-bond acceptors (Lipinski definition) is 6. The zero-order valence-corrected chi connectivity index (χ0v) is 10.6. The van der Waals surface area contributed by atoms with E-state index in [1.54, 1.807) is 0 Å². The number of aromatic nitrogens is 3. The first kappa shape index (κ1) is 13.5. The molecule has 0 aromatic carbocycles. The van der Waals surface area contributed by atoms with Crippen LogP contribution >= 0.6 is 11.3 Å². The summed E-state index contributed by atoms with van der Waals surface area (Å²) < 4.78 is 37.5. The normalized spacial score (nSPS) is 11.6. The molecule has 0 aliphatic heterocycles. The predicted octanol–water partition coefficient (Wildman–Crippen LogP) is 2.45. The average molecular weight is 289 g/mol. The van der Waals surface area contributed by atoms with Gasteiger partial charge in [0.2, 0.25) is 5.82 Å². The van der Waals surface area contributed by atoms with Crippen molar-refractivity contribution >= 4 is 23.0 Å².